The number of hydrogen-bond donors (Lipinski definition) is 1. The van der Waals surface area contributed by atoms with Gasteiger partial charge in [0.2, 0.25) is 0 Å². The van der Waals surface area contributed by atoms with E-state index in [1.165, 1.54) is 0 Å². The zero-order valence-electron chi connectivity index (χ0n) is 6.13. The van der Waals surface area contributed by atoms with Crippen LogP contribution >= 0.6 is 31.9 Å². The molecule has 12 heavy (non-hydrogen) atoms. The summed E-state index contributed by atoms with van der Waals surface area (Å²) in [6.07, 6.45) is 0. The molecule has 1 aromatic rings. The summed E-state index contributed by atoms with van der Waals surface area (Å²) >= 11 is 6.26. The lowest BCUT2D eigenvalue weighted by Crippen LogP contribution is -2.06. The van der Waals surface area contributed by atoms with Crippen molar-refractivity contribution in [3.8, 4) is 0 Å². The van der Waals surface area contributed by atoms with Crippen molar-refractivity contribution in [3.05, 3.63) is 29.8 Å². The Balaban J connectivity index is 2.90. The summed E-state index contributed by atoms with van der Waals surface area (Å²) in [6, 6.07) is 6.81. The zero-order chi connectivity index (χ0) is 9.14. The molecule has 2 nitrogen and oxygen atoms in total. The second-order valence-corrected chi connectivity index (χ2v) is 5.35. The Bertz CT molecular complexity index is 282. The van der Waals surface area contributed by atoms with Crippen molar-refractivity contribution in [1.29, 1.82) is 0 Å². The molecule has 0 spiro atoms. The van der Waals surface area contributed by atoms with Crippen molar-refractivity contribution in [2.45, 2.75) is 3.74 Å². The fraction of sp³-hybridized carbons (Fsp3) is 0.125. The van der Waals surface area contributed by atoms with Gasteiger partial charge in [-0.3, -0.25) is 4.79 Å². The molecule has 64 valence electrons. The second-order valence-electron chi connectivity index (χ2n) is 2.29. The third kappa shape index (κ3) is 2.32. The summed E-state index contributed by atoms with van der Waals surface area (Å²) in [5.41, 5.74) is 6.77. The molecule has 0 aromatic heterocycles. The van der Waals surface area contributed by atoms with E-state index in [0.717, 1.165) is 0 Å². The van der Waals surface area contributed by atoms with Crippen LogP contribution < -0.4 is 5.73 Å². The van der Waals surface area contributed by atoms with Gasteiger partial charge in [-0.25, -0.2) is 0 Å². The molecular formula is C8H7Br2NO. The van der Waals surface area contributed by atoms with Gasteiger partial charge in [-0.05, 0) is 24.3 Å². The molecule has 4 heteroatoms. The maximum atomic E-state index is 11.3. The van der Waals surface area contributed by atoms with Gasteiger partial charge in [0, 0.05) is 11.3 Å². The number of Topliss-reactive ketones (excluding diaryl/α,β-unsaturated/α-hetero) is 1. The number of carbonyl (C=O) groups is 1. The van der Waals surface area contributed by atoms with Crippen LogP contribution in [0, 0.1) is 0 Å². The number of rotatable bonds is 2. The minimum atomic E-state index is -0.325. The predicted octanol–water partition coefficient (Wildman–Crippen LogP) is 2.57. The topological polar surface area (TPSA) is 43.1 Å². The predicted molar refractivity (Wildman–Crippen MR) is 56.8 cm³/mol. The minimum absolute atomic E-state index is 0.00463. The van der Waals surface area contributed by atoms with Crippen molar-refractivity contribution in [3.63, 3.8) is 0 Å². The Morgan fingerprint density at radius 1 is 1.25 bits per heavy atom. The molecule has 0 saturated carbocycles. The summed E-state index contributed by atoms with van der Waals surface area (Å²) in [5.74, 6) is -0.00463. The number of carbonyl (C=O) groups excluding carboxylic acids is 1. The van der Waals surface area contributed by atoms with Crippen LogP contribution in [0.2, 0.25) is 0 Å². The molecule has 0 aliphatic rings. The SMILES string of the molecule is Nc1ccc(C(=O)C(Br)Br)cc1. The first kappa shape index (κ1) is 9.74. The van der Waals surface area contributed by atoms with Crippen LogP contribution in [-0.2, 0) is 0 Å². The molecule has 2 N–H and O–H groups in total. The van der Waals surface area contributed by atoms with E-state index >= 15 is 0 Å². The van der Waals surface area contributed by atoms with Crippen LogP contribution in [0.4, 0.5) is 5.69 Å². The number of benzene rings is 1. The van der Waals surface area contributed by atoms with Gasteiger partial charge in [-0.15, -0.1) is 0 Å². The Kier molecular flexibility index (Phi) is 3.29. The van der Waals surface area contributed by atoms with Crippen LogP contribution in [0.1, 0.15) is 10.4 Å². The van der Waals surface area contributed by atoms with Crippen LogP contribution in [0.15, 0.2) is 24.3 Å². The van der Waals surface area contributed by atoms with Gasteiger partial charge in [0.15, 0.2) is 5.78 Å². The van der Waals surface area contributed by atoms with E-state index in [9.17, 15) is 4.79 Å². The lowest BCUT2D eigenvalue weighted by molar-refractivity contribution is 0.101. The minimum Gasteiger partial charge on any atom is -0.399 e. The molecule has 1 aromatic carbocycles. The quantitative estimate of drug-likeness (QED) is 0.517. The van der Waals surface area contributed by atoms with Gasteiger partial charge in [0.25, 0.3) is 0 Å². The highest BCUT2D eigenvalue weighted by Gasteiger charge is 2.12. The first-order valence-electron chi connectivity index (χ1n) is 3.29. The highest BCUT2D eigenvalue weighted by Crippen LogP contribution is 2.16. The number of ketones is 1. The fourth-order valence-corrected chi connectivity index (χ4v) is 1.30. The second kappa shape index (κ2) is 4.05. The Morgan fingerprint density at radius 2 is 1.75 bits per heavy atom. The van der Waals surface area contributed by atoms with Crippen LogP contribution in [-0.4, -0.2) is 9.52 Å². The number of halogens is 2. The molecule has 0 aliphatic heterocycles. The number of anilines is 1. The van der Waals surface area contributed by atoms with E-state index in [2.05, 4.69) is 31.9 Å². The molecule has 0 heterocycles. The van der Waals surface area contributed by atoms with Crippen molar-refractivity contribution in [2.24, 2.45) is 0 Å². The molecule has 0 atom stereocenters. The Labute approximate surface area is 87.4 Å². The van der Waals surface area contributed by atoms with Gasteiger partial charge in [-0.1, -0.05) is 31.9 Å². The smallest absolute Gasteiger partial charge is 0.187 e. The Morgan fingerprint density at radius 3 is 2.17 bits per heavy atom. The van der Waals surface area contributed by atoms with E-state index in [1.807, 2.05) is 0 Å². The summed E-state index contributed by atoms with van der Waals surface area (Å²) in [7, 11) is 0. The van der Waals surface area contributed by atoms with Crippen molar-refractivity contribution in [1.82, 2.24) is 0 Å². The molecule has 0 bridgehead atoms. The molecule has 0 radical (unpaired) electrons. The Hall–Kier alpha value is -0.350. The average Bonchev–Trinajstić information content (AvgIpc) is 2.04. The van der Waals surface area contributed by atoms with E-state index in [-0.39, 0.29) is 9.52 Å². The normalized spacial score (nSPS) is 10.2. The molecule has 0 amide bonds. The van der Waals surface area contributed by atoms with Crippen LogP contribution in [0.5, 0.6) is 0 Å². The number of alkyl halides is 2. The summed E-state index contributed by atoms with van der Waals surface area (Å²) in [5, 5.41) is 0. The van der Waals surface area contributed by atoms with Crippen LogP contribution in [0.25, 0.3) is 0 Å². The number of hydrogen-bond acceptors (Lipinski definition) is 2. The third-order valence-corrected chi connectivity index (χ3v) is 2.23. The molecule has 0 fully saturated rings. The van der Waals surface area contributed by atoms with Crippen LogP contribution in [0.3, 0.4) is 0 Å². The fourth-order valence-electron chi connectivity index (χ4n) is 0.773. The lowest BCUT2D eigenvalue weighted by Gasteiger charge is -2.00. The van der Waals surface area contributed by atoms with E-state index < -0.39 is 0 Å². The van der Waals surface area contributed by atoms with Gasteiger partial charge in [-0.2, -0.15) is 0 Å². The van der Waals surface area contributed by atoms with Crippen molar-refractivity contribution >= 4 is 43.3 Å². The summed E-state index contributed by atoms with van der Waals surface area (Å²) in [6.45, 7) is 0. The zero-order valence-corrected chi connectivity index (χ0v) is 9.30. The third-order valence-electron chi connectivity index (χ3n) is 1.39. The first-order valence-corrected chi connectivity index (χ1v) is 5.12. The van der Waals surface area contributed by atoms with E-state index in [0.29, 0.717) is 11.3 Å². The molecule has 0 saturated heterocycles. The highest BCUT2D eigenvalue weighted by atomic mass is 79.9. The molecule has 0 aliphatic carbocycles. The molecular weight excluding hydrogens is 286 g/mol. The maximum absolute atomic E-state index is 11.3. The van der Waals surface area contributed by atoms with Gasteiger partial charge < -0.3 is 5.73 Å². The average molecular weight is 293 g/mol. The van der Waals surface area contributed by atoms with Gasteiger partial charge >= 0.3 is 0 Å². The summed E-state index contributed by atoms with van der Waals surface area (Å²) in [4.78, 5) is 11.3. The molecule has 0 unspecified atom stereocenters. The van der Waals surface area contributed by atoms with Crippen molar-refractivity contribution < 1.29 is 4.79 Å². The summed E-state index contributed by atoms with van der Waals surface area (Å²) < 4.78 is -0.325. The van der Waals surface area contributed by atoms with Crippen molar-refractivity contribution in [2.75, 3.05) is 5.73 Å². The number of nitrogens with two attached hydrogens (primary N) is 1. The van der Waals surface area contributed by atoms with Gasteiger partial charge in [0.05, 0.1) is 0 Å². The number of nitrogen functional groups attached to an aromatic ring is 1. The standard InChI is InChI=1S/C8H7Br2NO/c9-8(10)7(12)5-1-3-6(11)4-2-5/h1-4,8H,11H2. The van der Waals surface area contributed by atoms with E-state index in [4.69, 9.17) is 5.73 Å². The monoisotopic (exact) mass is 291 g/mol. The first-order chi connectivity index (χ1) is 5.61. The molecule has 1 rings (SSSR count). The largest absolute Gasteiger partial charge is 0.399 e. The van der Waals surface area contributed by atoms with Gasteiger partial charge in [0.1, 0.15) is 3.74 Å². The van der Waals surface area contributed by atoms with E-state index in [1.54, 1.807) is 24.3 Å². The highest BCUT2D eigenvalue weighted by molar-refractivity contribution is 9.25. The maximum Gasteiger partial charge on any atom is 0.187 e. The lowest BCUT2D eigenvalue weighted by atomic mass is 10.1.